The van der Waals surface area contributed by atoms with Crippen molar-refractivity contribution < 1.29 is 14.5 Å². The molecule has 0 radical (unpaired) electrons. The van der Waals surface area contributed by atoms with Gasteiger partial charge in [0.25, 0.3) is 0 Å². The molecule has 0 nitrogen and oxygen atoms in total. The van der Waals surface area contributed by atoms with Crippen LogP contribution in [0.1, 0.15) is 111 Å². The minimum atomic E-state index is -3.65. The third-order valence-corrected chi connectivity index (χ3v) is 24.1. The van der Waals surface area contributed by atoms with Crippen LogP contribution in [0.5, 0.6) is 0 Å². The first-order valence-electron chi connectivity index (χ1n) is 15.3. The van der Waals surface area contributed by atoms with Crippen LogP contribution in [0, 0.1) is 0 Å². The average molecular weight is 637 g/mol. The van der Waals surface area contributed by atoms with Crippen molar-refractivity contribution in [1.82, 2.24) is 0 Å². The van der Waals surface area contributed by atoms with E-state index in [1.165, 1.54) is 73.1 Å². The molecule has 4 unspecified atom stereocenters. The number of hydrogen-bond acceptors (Lipinski definition) is 0. The Hall–Kier alpha value is 0.0743. The molecule has 0 N–H and O–H groups in total. The molecule has 0 fully saturated rings. The summed E-state index contributed by atoms with van der Waals surface area (Å²) in [5, 5.41) is 3.23. The molecule has 4 atom stereocenters. The van der Waals surface area contributed by atoms with E-state index in [4.69, 9.17) is 18.6 Å². The fraction of sp³-hybridized carbons (Fsp3) is 0.529. The van der Waals surface area contributed by atoms with E-state index in [-0.39, 0.29) is 24.3 Å². The maximum atomic E-state index is 8.14. The summed E-state index contributed by atoms with van der Waals surface area (Å²) in [6.45, 7) is 14.3. The number of rotatable bonds is 14. The maximum absolute atomic E-state index is 8.14. The van der Waals surface area contributed by atoms with Gasteiger partial charge in [0.1, 0.15) is 0 Å². The summed E-state index contributed by atoms with van der Waals surface area (Å²) in [7, 11) is 15.7. The summed E-state index contributed by atoms with van der Waals surface area (Å²) < 4.78 is 0.419. The van der Waals surface area contributed by atoms with E-state index in [1.807, 2.05) is 0 Å². The monoisotopic (exact) mass is 636 g/mol. The van der Waals surface area contributed by atoms with Gasteiger partial charge < -0.3 is 0 Å². The van der Waals surface area contributed by atoms with Crippen LogP contribution < -0.4 is 0 Å². The van der Waals surface area contributed by atoms with Crippen LogP contribution in [0.15, 0.2) is 59.2 Å². The summed E-state index contributed by atoms with van der Waals surface area (Å²) in [4.78, 5) is 0. The first kappa shape index (κ1) is 32.0. The van der Waals surface area contributed by atoms with Crippen molar-refractivity contribution in [2.75, 3.05) is 12.3 Å². The summed E-state index contributed by atoms with van der Waals surface area (Å²) in [5.41, 5.74) is 6.90. The molecule has 2 aliphatic rings. The van der Waals surface area contributed by atoms with Crippen molar-refractivity contribution >= 4 is 46.6 Å². The predicted octanol–water partition coefficient (Wildman–Crippen LogP) is 12.8. The SMILES string of the molecule is CCCCP(CCCC)C1=Cc2ccccc2[CH]1[Ti]([Cl])([Cl])[CH]1C(P(C(C)CC)C(C)CC)=Cc2ccccc21. The molecular formula is C34H48Cl2P2Ti. The molecule has 39 heavy (non-hydrogen) atoms. The molecule has 0 heterocycles. The van der Waals surface area contributed by atoms with E-state index in [9.17, 15) is 0 Å². The van der Waals surface area contributed by atoms with Crippen molar-refractivity contribution in [3.8, 4) is 0 Å². The predicted molar refractivity (Wildman–Crippen MR) is 179 cm³/mol. The number of hydrogen-bond donors (Lipinski definition) is 0. The van der Waals surface area contributed by atoms with E-state index < -0.39 is 14.5 Å². The van der Waals surface area contributed by atoms with Gasteiger partial charge in [-0.1, -0.05) is 0 Å². The van der Waals surface area contributed by atoms with Crippen molar-refractivity contribution in [1.29, 1.82) is 0 Å². The van der Waals surface area contributed by atoms with Crippen LogP contribution in [-0.4, -0.2) is 23.6 Å². The van der Waals surface area contributed by atoms with E-state index in [0.29, 0.717) is 11.3 Å². The van der Waals surface area contributed by atoms with Gasteiger partial charge in [0.2, 0.25) is 0 Å². The zero-order chi connectivity index (χ0) is 28.2. The van der Waals surface area contributed by atoms with Crippen LogP contribution in [0.4, 0.5) is 0 Å². The third kappa shape index (κ3) is 6.69. The fourth-order valence-corrected chi connectivity index (χ4v) is 25.3. The van der Waals surface area contributed by atoms with Gasteiger partial charge in [-0.05, 0) is 0 Å². The topological polar surface area (TPSA) is 0 Å². The van der Waals surface area contributed by atoms with Crippen LogP contribution in [0.25, 0.3) is 12.2 Å². The molecule has 2 aromatic rings. The van der Waals surface area contributed by atoms with Gasteiger partial charge in [0.15, 0.2) is 0 Å². The Balaban J connectivity index is 1.86. The van der Waals surface area contributed by atoms with Gasteiger partial charge in [0, 0.05) is 0 Å². The Morgan fingerprint density at radius 2 is 1.13 bits per heavy atom. The first-order valence-corrected chi connectivity index (χ1v) is 24.6. The molecule has 212 valence electrons. The molecule has 0 aromatic heterocycles. The molecule has 5 heteroatoms. The van der Waals surface area contributed by atoms with E-state index in [2.05, 4.69) is 102 Å². The average Bonchev–Trinajstić information content (AvgIpc) is 3.52. The van der Waals surface area contributed by atoms with Crippen molar-refractivity contribution in [3.05, 3.63) is 81.4 Å². The number of halogens is 2. The molecule has 0 bridgehead atoms. The van der Waals surface area contributed by atoms with Crippen molar-refractivity contribution in [3.63, 3.8) is 0 Å². The zero-order valence-electron chi connectivity index (χ0n) is 24.9. The molecule has 2 aromatic carbocycles. The van der Waals surface area contributed by atoms with Crippen molar-refractivity contribution in [2.24, 2.45) is 0 Å². The van der Waals surface area contributed by atoms with Crippen LogP contribution in [0.3, 0.4) is 0 Å². The van der Waals surface area contributed by atoms with Gasteiger partial charge in [-0.15, -0.1) is 0 Å². The molecule has 0 spiro atoms. The Morgan fingerprint density at radius 3 is 1.59 bits per heavy atom. The van der Waals surface area contributed by atoms with Crippen LogP contribution in [-0.2, 0) is 14.5 Å². The Labute approximate surface area is 253 Å². The Morgan fingerprint density at radius 1 is 0.692 bits per heavy atom. The molecule has 2 aliphatic carbocycles. The minimum absolute atomic E-state index is 0.201. The van der Waals surface area contributed by atoms with Gasteiger partial charge in [-0.25, -0.2) is 0 Å². The van der Waals surface area contributed by atoms with E-state index in [1.54, 1.807) is 10.6 Å². The molecule has 0 aliphatic heterocycles. The van der Waals surface area contributed by atoms with E-state index in [0.717, 1.165) is 0 Å². The number of unbranched alkanes of at least 4 members (excludes halogenated alkanes) is 2. The molecule has 4 rings (SSSR count). The van der Waals surface area contributed by atoms with Crippen LogP contribution >= 0.6 is 34.5 Å². The Kier molecular flexibility index (Phi) is 11.9. The van der Waals surface area contributed by atoms with Crippen molar-refractivity contribution in [2.45, 2.75) is 99.8 Å². The number of benzene rings is 2. The molecular weight excluding hydrogens is 589 g/mol. The van der Waals surface area contributed by atoms with Gasteiger partial charge >= 0.3 is 255 Å². The molecule has 0 amide bonds. The third-order valence-electron chi connectivity index (χ3n) is 8.94. The second-order valence-corrected chi connectivity index (χ2v) is 27.0. The summed E-state index contributed by atoms with van der Waals surface area (Å²) in [5.74, 6) is 0. The second kappa shape index (κ2) is 14.5. The zero-order valence-corrected chi connectivity index (χ0v) is 29.8. The van der Waals surface area contributed by atoms with Gasteiger partial charge in [-0.3, -0.25) is 0 Å². The standard InChI is InChI=1S/2C17H24P.2ClH.Ti/c1-5-13(3)18(14(4)6-2)17-11-15-9-7-8-10-16(15)12-17;1-3-5-11-18(12-6-4-2)17-13-15-9-7-8-10-16(15)14-17;;;/h7-14H,5-6H2,1-4H3;7-10,13-14H,3-6,11-12H2,1-2H3;2*1H;/q;;;;+2/p-2. The second-order valence-electron chi connectivity index (χ2n) is 11.6. The van der Waals surface area contributed by atoms with Gasteiger partial charge in [-0.2, -0.15) is 0 Å². The summed E-state index contributed by atoms with van der Waals surface area (Å²) in [6.07, 6.45) is 15.2. The summed E-state index contributed by atoms with van der Waals surface area (Å²) in [6, 6.07) is 18.1. The number of fused-ring (bicyclic) bond motifs is 2. The quantitative estimate of drug-likeness (QED) is 0.143. The van der Waals surface area contributed by atoms with Crippen LogP contribution in [0.2, 0.25) is 0 Å². The molecule has 0 saturated carbocycles. The van der Waals surface area contributed by atoms with E-state index >= 15 is 0 Å². The van der Waals surface area contributed by atoms with Gasteiger partial charge in [0.05, 0.1) is 0 Å². The fourth-order valence-electron chi connectivity index (χ4n) is 6.49. The first-order chi connectivity index (χ1) is 18.8. The molecule has 0 saturated heterocycles. The summed E-state index contributed by atoms with van der Waals surface area (Å²) >= 11 is -3.65. The number of allylic oxidation sites excluding steroid dienone is 2. The normalized spacial score (nSPS) is 20.8. The Bertz CT molecular complexity index is 1160.